The number of aromatic nitrogens is 1. The van der Waals surface area contributed by atoms with E-state index in [1.165, 1.54) is 12.1 Å². The fraction of sp³-hybridized carbons (Fsp3) is 0.111. The van der Waals surface area contributed by atoms with Gasteiger partial charge in [0, 0.05) is 23.6 Å². The zero-order valence-electron chi connectivity index (χ0n) is 13.5. The minimum Gasteiger partial charge on any atom is -0.480 e. The number of amides is 1. The Morgan fingerprint density at radius 2 is 1.63 bits per heavy atom. The van der Waals surface area contributed by atoms with Crippen molar-refractivity contribution in [2.45, 2.75) is 12.5 Å². The van der Waals surface area contributed by atoms with Crippen molar-refractivity contribution in [3.8, 4) is 0 Å². The van der Waals surface area contributed by atoms with Crippen LogP contribution >= 0.6 is 0 Å². The van der Waals surface area contributed by atoms with Gasteiger partial charge in [0.1, 0.15) is 6.04 Å². The van der Waals surface area contributed by atoms with E-state index in [0.29, 0.717) is 0 Å². The highest BCUT2D eigenvalue weighted by Crippen LogP contribution is 2.29. The molecule has 0 saturated heterocycles. The maximum atomic E-state index is 14.1. The average Bonchev–Trinajstić information content (AvgIpc) is 3.08. The molecule has 9 heteroatoms. The standard InChI is InChI=1S/C18H12F4N2O3/c19-12-11-9(7-23-16(11)15(22)14(21)13(12)20)6-10(18(26)27)24-17(25)8-4-2-1-3-5-8/h1-5,7,10,23H,6H2,(H,24,25)(H,26,27). The molecule has 0 spiro atoms. The Hall–Kier alpha value is -3.36. The van der Waals surface area contributed by atoms with E-state index in [0.717, 1.165) is 6.20 Å². The number of halogens is 4. The number of aliphatic carboxylic acids is 1. The first-order valence-corrected chi connectivity index (χ1v) is 7.71. The average molecular weight is 380 g/mol. The first-order chi connectivity index (χ1) is 12.8. The Morgan fingerprint density at radius 3 is 2.26 bits per heavy atom. The molecule has 1 atom stereocenters. The largest absolute Gasteiger partial charge is 0.480 e. The van der Waals surface area contributed by atoms with Crippen molar-refractivity contribution < 1.29 is 32.3 Å². The number of hydrogen-bond donors (Lipinski definition) is 3. The van der Waals surface area contributed by atoms with Crippen LogP contribution in [0.5, 0.6) is 0 Å². The van der Waals surface area contributed by atoms with Gasteiger partial charge in [-0.15, -0.1) is 0 Å². The lowest BCUT2D eigenvalue weighted by Gasteiger charge is -2.14. The Kier molecular flexibility index (Phi) is 4.85. The SMILES string of the molecule is O=C(NC(Cc1c[nH]c2c(F)c(F)c(F)c(F)c12)C(=O)O)c1ccccc1. The first kappa shape index (κ1) is 18.4. The maximum Gasteiger partial charge on any atom is 0.326 e. The van der Waals surface area contributed by atoms with E-state index in [-0.39, 0.29) is 11.1 Å². The molecule has 0 radical (unpaired) electrons. The van der Waals surface area contributed by atoms with Crippen LogP contribution in [-0.4, -0.2) is 28.0 Å². The van der Waals surface area contributed by atoms with Gasteiger partial charge in [-0.1, -0.05) is 18.2 Å². The Bertz CT molecular complexity index is 1030. The number of carbonyl (C=O) groups is 2. The zero-order chi connectivity index (χ0) is 19.7. The minimum atomic E-state index is -2.00. The summed E-state index contributed by atoms with van der Waals surface area (Å²) < 4.78 is 54.7. The molecule has 1 unspecified atom stereocenters. The van der Waals surface area contributed by atoms with Gasteiger partial charge >= 0.3 is 5.97 Å². The lowest BCUT2D eigenvalue weighted by molar-refractivity contribution is -0.139. The third-order valence-electron chi connectivity index (χ3n) is 4.04. The maximum absolute atomic E-state index is 14.1. The Balaban J connectivity index is 1.94. The number of H-pyrrole nitrogens is 1. The van der Waals surface area contributed by atoms with Crippen LogP contribution in [-0.2, 0) is 11.2 Å². The smallest absolute Gasteiger partial charge is 0.326 e. The molecule has 1 aromatic heterocycles. The van der Waals surface area contributed by atoms with Crippen molar-refractivity contribution >= 4 is 22.8 Å². The number of hydrogen-bond acceptors (Lipinski definition) is 2. The van der Waals surface area contributed by atoms with Gasteiger partial charge in [0.2, 0.25) is 0 Å². The fourth-order valence-corrected chi connectivity index (χ4v) is 2.71. The number of carboxylic acids is 1. The highest BCUT2D eigenvalue weighted by molar-refractivity contribution is 5.96. The second kappa shape index (κ2) is 7.10. The normalized spacial score (nSPS) is 12.1. The van der Waals surface area contributed by atoms with Gasteiger partial charge in [-0.05, 0) is 17.7 Å². The summed E-state index contributed by atoms with van der Waals surface area (Å²) in [6.07, 6.45) is 0.565. The third kappa shape index (κ3) is 3.35. The molecule has 2 aromatic carbocycles. The number of benzene rings is 2. The van der Waals surface area contributed by atoms with E-state index >= 15 is 0 Å². The third-order valence-corrected chi connectivity index (χ3v) is 4.04. The van der Waals surface area contributed by atoms with Crippen LogP contribution in [0.25, 0.3) is 10.9 Å². The van der Waals surface area contributed by atoms with Crippen molar-refractivity contribution in [2.75, 3.05) is 0 Å². The van der Waals surface area contributed by atoms with Crippen molar-refractivity contribution in [2.24, 2.45) is 0 Å². The molecule has 0 aliphatic heterocycles. The van der Waals surface area contributed by atoms with Gasteiger partial charge in [0.15, 0.2) is 23.3 Å². The second-order valence-electron chi connectivity index (χ2n) is 5.75. The van der Waals surface area contributed by atoms with Crippen molar-refractivity contribution in [1.29, 1.82) is 0 Å². The van der Waals surface area contributed by atoms with E-state index < -0.39 is 58.5 Å². The van der Waals surface area contributed by atoms with E-state index in [4.69, 9.17) is 0 Å². The van der Waals surface area contributed by atoms with Crippen LogP contribution in [0.4, 0.5) is 17.6 Å². The molecule has 5 nitrogen and oxygen atoms in total. The van der Waals surface area contributed by atoms with Crippen LogP contribution < -0.4 is 5.32 Å². The number of fused-ring (bicyclic) bond motifs is 1. The molecule has 27 heavy (non-hydrogen) atoms. The summed E-state index contributed by atoms with van der Waals surface area (Å²) in [7, 11) is 0. The van der Waals surface area contributed by atoms with E-state index in [2.05, 4.69) is 10.3 Å². The minimum absolute atomic E-state index is 0.124. The van der Waals surface area contributed by atoms with Gasteiger partial charge in [-0.2, -0.15) is 0 Å². The number of nitrogens with one attached hydrogen (secondary N) is 2. The number of rotatable bonds is 5. The summed E-state index contributed by atoms with van der Waals surface area (Å²) in [6, 6.07) is 6.26. The highest BCUT2D eigenvalue weighted by atomic mass is 19.2. The summed E-state index contributed by atoms with van der Waals surface area (Å²) in [5, 5.41) is 11.0. The van der Waals surface area contributed by atoms with Gasteiger partial charge in [-0.3, -0.25) is 4.79 Å². The van der Waals surface area contributed by atoms with Crippen molar-refractivity contribution in [3.05, 3.63) is 70.9 Å². The lowest BCUT2D eigenvalue weighted by atomic mass is 10.0. The molecule has 0 fully saturated rings. The predicted molar refractivity (Wildman–Crippen MR) is 87.2 cm³/mol. The van der Waals surface area contributed by atoms with E-state index in [1.54, 1.807) is 18.2 Å². The van der Waals surface area contributed by atoms with E-state index in [1.807, 2.05) is 0 Å². The molecule has 0 aliphatic rings. The molecule has 3 rings (SSSR count). The van der Waals surface area contributed by atoms with Crippen molar-refractivity contribution in [3.63, 3.8) is 0 Å². The van der Waals surface area contributed by atoms with Crippen molar-refractivity contribution in [1.82, 2.24) is 10.3 Å². The lowest BCUT2D eigenvalue weighted by Crippen LogP contribution is -2.42. The quantitative estimate of drug-likeness (QED) is 0.361. The zero-order valence-corrected chi connectivity index (χ0v) is 13.5. The number of carboxylic acid groups (broad SMARTS) is 1. The summed E-state index contributed by atoms with van der Waals surface area (Å²) in [4.78, 5) is 25.9. The van der Waals surface area contributed by atoms with Crippen LogP contribution in [0.1, 0.15) is 15.9 Å². The van der Waals surface area contributed by atoms with Crippen LogP contribution in [0, 0.1) is 23.3 Å². The van der Waals surface area contributed by atoms with Gasteiger partial charge < -0.3 is 15.4 Å². The summed E-state index contributed by atoms with van der Waals surface area (Å²) in [5.74, 6) is -9.35. The second-order valence-corrected chi connectivity index (χ2v) is 5.75. The number of aromatic amines is 1. The Labute approximate surface area is 149 Å². The summed E-state index contributed by atoms with van der Waals surface area (Å²) in [6.45, 7) is 0. The monoisotopic (exact) mass is 380 g/mol. The summed E-state index contributed by atoms with van der Waals surface area (Å²) in [5.41, 5.74) is -0.547. The fourth-order valence-electron chi connectivity index (χ4n) is 2.71. The molecular weight excluding hydrogens is 368 g/mol. The highest BCUT2D eigenvalue weighted by Gasteiger charge is 2.27. The van der Waals surface area contributed by atoms with Crippen LogP contribution in [0.15, 0.2) is 36.5 Å². The predicted octanol–water partition coefficient (Wildman–Crippen LogP) is 3.15. The molecule has 0 saturated carbocycles. The molecule has 3 N–H and O–H groups in total. The molecule has 3 aromatic rings. The molecule has 1 amide bonds. The van der Waals surface area contributed by atoms with Gasteiger partial charge in [-0.25, -0.2) is 22.4 Å². The Morgan fingerprint density at radius 1 is 1.00 bits per heavy atom. The molecule has 1 heterocycles. The molecule has 0 aliphatic carbocycles. The van der Waals surface area contributed by atoms with Gasteiger partial charge in [0.05, 0.1) is 5.52 Å². The first-order valence-electron chi connectivity index (χ1n) is 7.71. The van der Waals surface area contributed by atoms with Gasteiger partial charge in [0.25, 0.3) is 5.91 Å². The number of carbonyl (C=O) groups excluding carboxylic acids is 1. The molecular formula is C18H12F4N2O3. The molecule has 0 bridgehead atoms. The van der Waals surface area contributed by atoms with Crippen LogP contribution in [0.2, 0.25) is 0 Å². The van der Waals surface area contributed by atoms with Crippen LogP contribution in [0.3, 0.4) is 0 Å². The molecule has 140 valence electrons. The van der Waals surface area contributed by atoms with E-state index in [9.17, 15) is 32.3 Å². The topological polar surface area (TPSA) is 82.2 Å². The summed E-state index contributed by atoms with van der Waals surface area (Å²) >= 11 is 0.